The number of carboxylic acid groups (broad SMARTS) is 1. The number of carboxylic acids is 1. The van der Waals surface area contributed by atoms with Crippen LogP contribution in [0, 0.1) is 0 Å². The summed E-state index contributed by atoms with van der Waals surface area (Å²) in [4.78, 5) is 11.5. The Balaban J connectivity index is 2.01. The number of hydrogen-bond donors (Lipinski definition) is 1. The molecule has 0 radical (unpaired) electrons. The van der Waals surface area contributed by atoms with E-state index < -0.39 is 5.97 Å². The summed E-state index contributed by atoms with van der Waals surface area (Å²) in [6, 6.07) is 9.74. The first kappa shape index (κ1) is 12.7. The molecule has 1 aliphatic heterocycles. The lowest BCUT2D eigenvalue weighted by atomic mass is 10.1. The van der Waals surface area contributed by atoms with Gasteiger partial charge in [-0.1, -0.05) is 30.3 Å². The molecule has 1 N–H and O–H groups in total. The third kappa shape index (κ3) is 2.27. The van der Waals surface area contributed by atoms with E-state index in [2.05, 4.69) is 5.10 Å². The van der Waals surface area contributed by atoms with Gasteiger partial charge in [0, 0.05) is 19.4 Å². The Morgan fingerprint density at radius 3 is 2.90 bits per heavy atom. The van der Waals surface area contributed by atoms with Gasteiger partial charge in [0.15, 0.2) is 0 Å². The molecular weight excluding hydrogens is 256 g/mol. The van der Waals surface area contributed by atoms with Crippen molar-refractivity contribution < 1.29 is 14.6 Å². The number of carbonyl (C=O) groups is 1. The van der Waals surface area contributed by atoms with Crippen LogP contribution in [0.5, 0.6) is 5.88 Å². The van der Waals surface area contributed by atoms with Crippen molar-refractivity contribution in [2.24, 2.45) is 0 Å². The van der Waals surface area contributed by atoms with Crippen molar-refractivity contribution in [3.8, 4) is 5.88 Å². The van der Waals surface area contributed by atoms with Gasteiger partial charge in [0.2, 0.25) is 5.88 Å². The summed E-state index contributed by atoms with van der Waals surface area (Å²) in [5.74, 6) is -0.589. The van der Waals surface area contributed by atoms with Crippen molar-refractivity contribution >= 4 is 5.97 Å². The van der Waals surface area contributed by atoms with E-state index in [1.165, 1.54) is 0 Å². The third-order valence-corrected chi connectivity index (χ3v) is 3.47. The number of hydrogen-bond acceptors (Lipinski definition) is 3. The lowest BCUT2D eigenvalue weighted by molar-refractivity contribution is 0.0682. The average Bonchev–Trinajstić information content (AvgIpc) is 2.77. The molecule has 0 fully saturated rings. The maximum absolute atomic E-state index is 11.5. The second-order valence-electron chi connectivity index (χ2n) is 5.03. The fourth-order valence-corrected chi connectivity index (χ4v) is 2.45. The van der Waals surface area contributed by atoms with E-state index >= 15 is 0 Å². The second-order valence-corrected chi connectivity index (χ2v) is 5.03. The number of aryl methyl sites for hydroxylation is 1. The summed E-state index contributed by atoms with van der Waals surface area (Å²) in [5, 5.41) is 13.9. The zero-order valence-corrected chi connectivity index (χ0v) is 11.2. The van der Waals surface area contributed by atoms with Gasteiger partial charge in [-0.3, -0.25) is 0 Å². The second kappa shape index (κ2) is 5.00. The molecule has 5 heteroatoms. The fourth-order valence-electron chi connectivity index (χ4n) is 2.45. The highest BCUT2D eigenvalue weighted by Gasteiger charge is 2.28. The highest BCUT2D eigenvalue weighted by atomic mass is 16.5. The van der Waals surface area contributed by atoms with Gasteiger partial charge in [-0.05, 0) is 12.5 Å². The van der Waals surface area contributed by atoms with Crippen LogP contribution in [0.15, 0.2) is 30.3 Å². The SMILES string of the molecule is C[C@@H]1CCn2nc(Cc3ccccc3)c(C(=O)O)c2O1. The van der Waals surface area contributed by atoms with Gasteiger partial charge in [0.05, 0.1) is 11.8 Å². The van der Waals surface area contributed by atoms with Gasteiger partial charge in [0.25, 0.3) is 0 Å². The minimum Gasteiger partial charge on any atom is -0.477 e. The zero-order chi connectivity index (χ0) is 14.1. The average molecular weight is 272 g/mol. The molecule has 0 bridgehead atoms. The molecule has 1 atom stereocenters. The minimum absolute atomic E-state index is 0.0295. The maximum atomic E-state index is 11.5. The highest BCUT2D eigenvalue weighted by molar-refractivity contribution is 5.91. The van der Waals surface area contributed by atoms with Crippen LogP contribution in [-0.2, 0) is 13.0 Å². The Bertz CT molecular complexity index is 634. The van der Waals surface area contributed by atoms with Crippen molar-refractivity contribution in [2.75, 3.05) is 0 Å². The topological polar surface area (TPSA) is 64.4 Å². The molecule has 20 heavy (non-hydrogen) atoms. The van der Waals surface area contributed by atoms with E-state index in [0.29, 0.717) is 24.5 Å². The van der Waals surface area contributed by atoms with Crippen LogP contribution in [0.4, 0.5) is 0 Å². The molecule has 1 aromatic heterocycles. The Hall–Kier alpha value is -2.30. The summed E-state index contributed by atoms with van der Waals surface area (Å²) in [5.41, 5.74) is 1.80. The Kier molecular flexibility index (Phi) is 3.18. The number of benzene rings is 1. The van der Waals surface area contributed by atoms with Crippen LogP contribution < -0.4 is 4.74 Å². The minimum atomic E-state index is -0.980. The first-order chi connectivity index (χ1) is 9.65. The Morgan fingerprint density at radius 2 is 2.20 bits per heavy atom. The van der Waals surface area contributed by atoms with Crippen LogP contribution >= 0.6 is 0 Å². The smallest absolute Gasteiger partial charge is 0.343 e. The summed E-state index contributed by atoms with van der Waals surface area (Å²) < 4.78 is 7.33. The molecule has 1 aliphatic rings. The standard InChI is InChI=1S/C15H16N2O3/c1-10-7-8-17-14(20-10)13(15(18)19)12(16-17)9-11-5-3-2-4-6-11/h2-6,10H,7-9H2,1H3,(H,18,19)/t10-/m1/s1. The molecule has 3 rings (SSSR count). The van der Waals surface area contributed by atoms with Crippen LogP contribution in [0.3, 0.4) is 0 Å². The molecule has 0 unspecified atom stereocenters. The number of nitrogens with zero attached hydrogens (tertiary/aromatic N) is 2. The van der Waals surface area contributed by atoms with Gasteiger partial charge < -0.3 is 9.84 Å². The van der Waals surface area contributed by atoms with Crippen molar-refractivity contribution in [1.82, 2.24) is 9.78 Å². The number of ether oxygens (including phenoxy) is 1. The van der Waals surface area contributed by atoms with Gasteiger partial charge >= 0.3 is 5.97 Å². The molecule has 1 aromatic carbocycles. The number of aromatic carboxylic acids is 1. The van der Waals surface area contributed by atoms with E-state index in [1.807, 2.05) is 37.3 Å². The monoisotopic (exact) mass is 272 g/mol. The molecule has 5 nitrogen and oxygen atoms in total. The molecule has 0 saturated carbocycles. The van der Waals surface area contributed by atoms with Crippen LogP contribution in [0.25, 0.3) is 0 Å². The third-order valence-electron chi connectivity index (χ3n) is 3.47. The van der Waals surface area contributed by atoms with Crippen molar-refractivity contribution in [1.29, 1.82) is 0 Å². The molecule has 0 aliphatic carbocycles. The van der Waals surface area contributed by atoms with Crippen molar-refractivity contribution in [3.63, 3.8) is 0 Å². The molecular formula is C15H16N2O3. The van der Waals surface area contributed by atoms with E-state index in [-0.39, 0.29) is 11.7 Å². The lowest BCUT2D eigenvalue weighted by Gasteiger charge is -2.21. The van der Waals surface area contributed by atoms with E-state index in [1.54, 1.807) is 4.68 Å². The van der Waals surface area contributed by atoms with Crippen LogP contribution in [-0.4, -0.2) is 27.0 Å². The fraction of sp³-hybridized carbons (Fsp3) is 0.333. The highest BCUT2D eigenvalue weighted by Crippen LogP contribution is 2.29. The largest absolute Gasteiger partial charge is 0.477 e. The van der Waals surface area contributed by atoms with Gasteiger partial charge in [-0.25, -0.2) is 9.48 Å². The van der Waals surface area contributed by atoms with Gasteiger partial charge in [0.1, 0.15) is 5.56 Å². The van der Waals surface area contributed by atoms with Gasteiger partial charge in [-0.15, -0.1) is 0 Å². The molecule has 0 spiro atoms. The number of aromatic nitrogens is 2. The maximum Gasteiger partial charge on any atom is 0.343 e. The summed E-state index contributed by atoms with van der Waals surface area (Å²) in [6.07, 6.45) is 1.38. The van der Waals surface area contributed by atoms with Crippen LogP contribution in [0.1, 0.15) is 35.0 Å². The quantitative estimate of drug-likeness (QED) is 0.931. The number of fused-ring (bicyclic) bond motifs is 1. The molecule has 2 aromatic rings. The van der Waals surface area contributed by atoms with Crippen molar-refractivity contribution in [2.45, 2.75) is 32.4 Å². The first-order valence-corrected chi connectivity index (χ1v) is 6.68. The summed E-state index contributed by atoms with van der Waals surface area (Å²) in [7, 11) is 0. The Morgan fingerprint density at radius 1 is 1.45 bits per heavy atom. The Labute approximate surface area is 116 Å². The lowest BCUT2D eigenvalue weighted by Crippen LogP contribution is -2.24. The predicted octanol–water partition coefficient (Wildman–Crippen LogP) is 2.34. The van der Waals surface area contributed by atoms with E-state index in [9.17, 15) is 9.90 Å². The van der Waals surface area contributed by atoms with E-state index in [0.717, 1.165) is 12.0 Å². The van der Waals surface area contributed by atoms with E-state index in [4.69, 9.17) is 4.74 Å². The summed E-state index contributed by atoms with van der Waals surface area (Å²) >= 11 is 0. The zero-order valence-electron chi connectivity index (χ0n) is 11.2. The van der Waals surface area contributed by atoms with Crippen LogP contribution in [0.2, 0.25) is 0 Å². The number of rotatable bonds is 3. The molecule has 0 amide bonds. The van der Waals surface area contributed by atoms with Crippen molar-refractivity contribution in [3.05, 3.63) is 47.2 Å². The molecule has 104 valence electrons. The van der Waals surface area contributed by atoms with Gasteiger partial charge in [-0.2, -0.15) is 5.10 Å². The summed E-state index contributed by atoms with van der Waals surface area (Å²) in [6.45, 7) is 2.64. The predicted molar refractivity (Wildman–Crippen MR) is 73.1 cm³/mol. The molecule has 2 heterocycles. The normalized spacial score (nSPS) is 17.4. The molecule has 0 saturated heterocycles. The first-order valence-electron chi connectivity index (χ1n) is 6.68.